The summed E-state index contributed by atoms with van der Waals surface area (Å²) in [6.07, 6.45) is 5.31. The van der Waals surface area contributed by atoms with E-state index in [-0.39, 0.29) is 0 Å². The lowest BCUT2D eigenvalue weighted by Crippen LogP contribution is -2.42. The Labute approximate surface area is 89.1 Å². The predicted molar refractivity (Wildman–Crippen MR) is 62.6 cm³/mol. The molecule has 1 N–H and O–H groups in total. The third kappa shape index (κ3) is 3.58. The molecule has 0 saturated carbocycles. The van der Waals surface area contributed by atoms with Gasteiger partial charge >= 0.3 is 0 Å². The van der Waals surface area contributed by atoms with Gasteiger partial charge in [-0.15, -0.1) is 0 Å². The largest absolute Gasteiger partial charge is 0.317 e. The molecule has 14 heavy (non-hydrogen) atoms. The molecule has 1 aliphatic heterocycles. The van der Waals surface area contributed by atoms with Gasteiger partial charge in [-0.1, -0.05) is 26.7 Å². The van der Waals surface area contributed by atoms with E-state index in [1.807, 2.05) is 0 Å². The summed E-state index contributed by atoms with van der Waals surface area (Å²) in [5.74, 6) is 0.898. The van der Waals surface area contributed by atoms with Crippen LogP contribution >= 0.6 is 0 Å². The molecule has 0 radical (unpaired) electrons. The molecule has 0 aromatic carbocycles. The molecule has 1 rings (SSSR count). The van der Waals surface area contributed by atoms with Gasteiger partial charge in [-0.3, -0.25) is 0 Å². The van der Waals surface area contributed by atoms with E-state index in [2.05, 4.69) is 31.1 Å². The highest BCUT2D eigenvalue weighted by atomic mass is 15.1. The molecule has 0 aromatic heterocycles. The third-order valence-corrected chi connectivity index (χ3v) is 3.63. The van der Waals surface area contributed by atoms with Gasteiger partial charge in [0.2, 0.25) is 0 Å². The molecular weight excluding hydrogens is 172 g/mol. The minimum Gasteiger partial charge on any atom is -0.317 e. The maximum Gasteiger partial charge on any atom is 0.0116 e. The minimum atomic E-state index is 0.830. The number of nitrogens with one attached hydrogen (secondary N) is 1. The Kier molecular flexibility index (Phi) is 5.49. The maximum absolute atomic E-state index is 3.42. The number of hydrogen-bond donors (Lipinski definition) is 1. The van der Waals surface area contributed by atoms with Crippen LogP contribution in [0.2, 0.25) is 0 Å². The Bertz CT molecular complexity index is 137. The lowest BCUT2D eigenvalue weighted by molar-refractivity contribution is 0.168. The highest BCUT2D eigenvalue weighted by molar-refractivity contribution is 4.76. The molecule has 1 saturated heterocycles. The van der Waals surface area contributed by atoms with E-state index >= 15 is 0 Å². The first-order valence-electron chi connectivity index (χ1n) is 6.18. The van der Waals surface area contributed by atoms with Crippen LogP contribution in [0.3, 0.4) is 0 Å². The molecule has 2 heteroatoms. The Morgan fingerprint density at radius 1 is 1.21 bits per heavy atom. The van der Waals surface area contributed by atoms with Gasteiger partial charge in [-0.05, 0) is 38.9 Å². The van der Waals surface area contributed by atoms with E-state index in [0.717, 1.165) is 12.0 Å². The molecule has 0 spiro atoms. The van der Waals surface area contributed by atoms with Crippen LogP contribution in [-0.4, -0.2) is 37.6 Å². The summed E-state index contributed by atoms with van der Waals surface area (Å²) in [5, 5.41) is 3.42. The summed E-state index contributed by atoms with van der Waals surface area (Å²) >= 11 is 0. The standard InChI is InChI=1S/C12H26N2/c1-4-11(5-2)10-14(3)12-6-8-13-9-7-12/h11-13H,4-10H2,1-3H3. The van der Waals surface area contributed by atoms with Crippen molar-refractivity contribution in [3.05, 3.63) is 0 Å². The van der Waals surface area contributed by atoms with Gasteiger partial charge in [-0.25, -0.2) is 0 Å². The van der Waals surface area contributed by atoms with E-state index < -0.39 is 0 Å². The SMILES string of the molecule is CCC(CC)CN(C)C1CCNCC1. The topological polar surface area (TPSA) is 15.3 Å². The summed E-state index contributed by atoms with van der Waals surface area (Å²) in [7, 11) is 2.30. The van der Waals surface area contributed by atoms with Gasteiger partial charge in [0.15, 0.2) is 0 Å². The van der Waals surface area contributed by atoms with Crippen LogP contribution in [0, 0.1) is 5.92 Å². The summed E-state index contributed by atoms with van der Waals surface area (Å²) in [6, 6.07) is 0.830. The van der Waals surface area contributed by atoms with Crippen LogP contribution in [0.5, 0.6) is 0 Å². The highest BCUT2D eigenvalue weighted by Gasteiger charge is 2.19. The first kappa shape index (κ1) is 12.0. The number of piperidine rings is 1. The normalized spacial score (nSPS) is 19.5. The fourth-order valence-corrected chi connectivity index (χ4v) is 2.35. The number of nitrogens with zero attached hydrogens (tertiary/aromatic N) is 1. The zero-order valence-corrected chi connectivity index (χ0v) is 10.1. The van der Waals surface area contributed by atoms with Gasteiger partial charge < -0.3 is 10.2 Å². The summed E-state index contributed by atoms with van der Waals surface area (Å²) in [4.78, 5) is 2.58. The Hall–Kier alpha value is -0.0800. The zero-order valence-electron chi connectivity index (χ0n) is 10.1. The van der Waals surface area contributed by atoms with Gasteiger partial charge in [0.25, 0.3) is 0 Å². The highest BCUT2D eigenvalue weighted by Crippen LogP contribution is 2.15. The van der Waals surface area contributed by atoms with Crippen LogP contribution in [0.25, 0.3) is 0 Å². The second kappa shape index (κ2) is 6.41. The number of hydrogen-bond acceptors (Lipinski definition) is 2. The van der Waals surface area contributed by atoms with E-state index in [1.165, 1.54) is 45.3 Å². The summed E-state index contributed by atoms with van der Waals surface area (Å²) in [6.45, 7) is 8.32. The van der Waals surface area contributed by atoms with Crippen molar-refractivity contribution in [2.45, 2.75) is 45.6 Å². The molecule has 84 valence electrons. The smallest absolute Gasteiger partial charge is 0.0116 e. The van der Waals surface area contributed by atoms with Gasteiger partial charge in [0.1, 0.15) is 0 Å². The first-order valence-corrected chi connectivity index (χ1v) is 6.18. The summed E-state index contributed by atoms with van der Waals surface area (Å²) in [5.41, 5.74) is 0. The van der Waals surface area contributed by atoms with E-state index in [9.17, 15) is 0 Å². The van der Waals surface area contributed by atoms with Crippen molar-refractivity contribution in [1.29, 1.82) is 0 Å². The van der Waals surface area contributed by atoms with Crippen molar-refractivity contribution in [2.24, 2.45) is 5.92 Å². The fraction of sp³-hybridized carbons (Fsp3) is 1.00. The maximum atomic E-state index is 3.42. The van der Waals surface area contributed by atoms with Crippen LogP contribution in [0.1, 0.15) is 39.5 Å². The Balaban J connectivity index is 2.27. The van der Waals surface area contributed by atoms with Crippen molar-refractivity contribution in [3.63, 3.8) is 0 Å². The average Bonchev–Trinajstić information content (AvgIpc) is 2.26. The van der Waals surface area contributed by atoms with Crippen molar-refractivity contribution in [3.8, 4) is 0 Å². The third-order valence-electron chi connectivity index (χ3n) is 3.63. The molecule has 0 bridgehead atoms. The molecule has 0 atom stereocenters. The van der Waals surface area contributed by atoms with Crippen LogP contribution in [-0.2, 0) is 0 Å². The van der Waals surface area contributed by atoms with E-state index in [4.69, 9.17) is 0 Å². The lowest BCUT2D eigenvalue weighted by Gasteiger charge is -2.33. The molecule has 0 aromatic rings. The van der Waals surface area contributed by atoms with Crippen LogP contribution < -0.4 is 5.32 Å². The Morgan fingerprint density at radius 2 is 1.79 bits per heavy atom. The van der Waals surface area contributed by atoms with Crippen molar-refractivity contribution in [1.82, 2.24) is 10.2 Å². The molecule has 0 amide bonds. The van der Waals surface area contributed by atoms with Gasteiger partial charge in [-0.2, -0.15) is 0 Å². The molecule has 2 nitrogen and oxygen atoms in total. The van der Waals surface area contributed by atoms with E-state index in [0.29, 0.717) is 0 Å². The van der Waals surface area contributed by atoms with Crippen LogP contribution in [0.15, 0.2) is 0 Å². The molecule has 0 unspecified atom stereocenters. The molecule has 1 heterocycles. The minimum absolute atomic E-state index is 0.830. The van der Waals surface area contributed by atoms with Gasteiger partial charge in [0.05, 0.1) is 0 Å². The van der Waals surface area contributed by atoms with Crippen molar-refractivity contribution in [2.75, 3.05) is 26.7 Å². The first-order chi connectivity index (χ1) is 6.77. The monoisotopic (exact) mass is 198 g/mol. The molecular formula is C12H26N2. The van der Waals surface area contributed by atoms with Crippen LogP contribution in [0.4, 0.5) is 0 Å². The second-order valence-electron chi connectivity index (χ2n) is 4.60. The fourth-order valence-electron chi connectivity index (χ4n) is 2.35. The quantitative estimate of drug-likeness (QED) is 0.728. The number of rotatable bonds is 5. The Morgan fingerprint density at radius 3 is 2.29 bits per heavy atom. The predicted octanol–water partition coefficient (Wildman–Crippen LogP) is 2.11. The van der Waals surface area contributed by atoms with Gasteiger partial charge in [0, 0.05) is 12.6 Å². The van der Waals surface area contributed by atoms with E-state index in [1.54, 1.807) is 0 Å². The zero-order chi connectivity index (χ0) is 10.4. The molecule has 1 aliphatic rings. The summed E-state index contributed by atoms with van der Waals surface area (Å²) < 4.78 is 0. The average molecular weight is 198 g/mol. The molecule has 0 aliphatic carbocycles. The van der Waals surface area contributed by atoms with Crippen molar-refractivity contribution < 1.29 is 0 Å². The van der Waals surface area contributed by atoms with Crippen molar-refractivity contribution >= 4 is 0 Å². The second-order valence-corrected chi connectivity index (χ2v) is 4.60. The molecule has 1 fully saturated rings. The lowest BCUT2D eigenvalue weighted by atomic mass is 9.99.